The first-order chi connectivity index (χ1) is 11.6. The molecule has 0 unspecified atom stereocenters. The average Bonchev–Trinajstić information content (AvgIpc) is 3.20. The second-order valence-corrected chi connectivity index (χ2v) is 5.98. The molecule has 3 rings (SSSR count). The molecule has 1 saturated heterocycles. The number of nitrogens with zero attached hydrogens (tertiary/aromatic N) is 4. The molecule has 0 saturated carbocycles. The van der Waals surface area contributed by atoms with Crippen LogP contribution in [0.3, 0.4) is 0 Å². The quantitative estimate of drug-likeness (QED) is 0.828. The number of methoxy groups -OCH3 is 2. The van der Waals surface area contributed by atoms with Gasteiger partial charge in [-0.25, -0.2) is 0 Å². The zero-order valence-electron chi connectivity index (χ0n) is 14.2. The Kier molecular flexibility index (Phi) is 4.80. The van der Waals surface area contributed by atoms with Crippen LogP contribution in [0.15, 0.2) is 30.6 Å². The van der Waals surface area contributed by atoms with Gasteiger partial charge in [0.1, 0.15) is 12.1 Å². The van der Waals surface area contributed by atoms with Crippen LogP contribution in [0, 0.1) is 0 Å². The highest BCUT2D eigenvalue weighted by molar-refractivity contribution is 5.79. The molecule has 24 heavy (non-hydrogen) atoms. The molecule has 128 valence electrons. The van der Waals surface area contributed by atoms with Gasteiger partial charge in [0.2, 0.25) is 5.91 Å². The number of ether oxygens (including phenoxy) is 2. The molecule has 1 amide bonds. The van der Waals surface area contributed by atoms with Crippen molar-refractivity contribution >= 4 is 5.91 Å². The molecular formula is C17H22N4O3. The van der Waals surface area contributed by atoms with E-state index in [9.17, 15) is 4.79 Å². The lowest BCUT2D eigenvalue weighted by Gasteiger charge is -2.23. The van der Waals surface area contributed by atoms with Crippen LogP contribution in [0.2, 0.25) is 0 Å². The summed E-state index contributed by atoms with van der Waals surface area (Å²) >= 11 is 0. The maximum atomic E-state index is 12.9. The lowest BCUT2D eigenvalue weighted by Crippen LogP contribution is -2.34. The van der Waals surface area contributed by atoms with Gasteiger partial charge in [-0.2, -0.15) is 0 Å². The molecule has 0 N–H and O–H groups in total. The second-order valence-electron chi connectivity index (χ2n) is 5.98. The number of aryl methyl sites for hydroxylation is 1. The third-order valence-corrected chi connectivity index (χ3v) is 4.45. The minimum Gasteiger partial charge on any atom is -0.497 e. The van der Waals surface area contributed by atoms with Crippen LogP contribution in [0.5, 0.6) is 5.75 Å². The van der Waals surface area contributed by atoms with Gasteiger partial charge in [-0.15, -0.1) is 10.2 Å². The number of rotatable bonds is 5. The number of carbonyl (C=O) groups excluding carboxylic acids is 1. The van der Waals surface area contributed by atoms with E-state index in [1.54, 1.807) is 20.5 Å². The summed E-state index contributed by atoms with van der Waals surface area (Å²) in [6.07, 6.45) is 2.72. The molecule has 1 aliphatic heterocycles. The van der Waals surface area contributed by atoms with Gasteiger partial charge in [0.05, 0.1) is 25.7 Å². The zero-order chi connectivity index (χ0) is 17.1. The first-order valence-corrected chi connectivity index (χ1v) is 7.91. The Morgan fingerprint density at radius 2 is 2.21 bits per heavy atom. The molecule has 0 bridgehead atoms. The van der Waals surface area contributed by atoms with Crippen molar-refractivity contribution in [1.29, 1.82) is 0 Å². The van der Waals surface area contributed by atoms with Crippen molar-refractivity contribution < 1.29 is 14.3 Å². The molecule has 0 spiro atoms. The van der Waals surface area contributed by atoms with Gasteiger partial charge in [0, 0.05) is 27.1 Å². The van der Waals surface area contributed by atoms with Crippen molar-refractivity contribution in [2.45, 2.75) is 25.0 Å². The molecule has 0 radical (unpaired) electrons. The van der Waals surface area contributed by atoms with E-state index in [0.717, 1.165) is 23.6 Å². The molecule has 1 fully saturated rings. The highest BCUT2D eigenvalue weighted by Crippen LogP contribution is 2.32. The summed E-state index contributed by atoms with van der Waals surface area (Å²) in [5.74, 6) is 1.59. The van der Waals surface area contributed by atoms with Crippen molar-refractivity contribution in [2.24, 2.45) is 7.05 Å². The normalized spacial score (nSPS) is 20.4. The smallest absolute Gasteiger partial charge is 0.227 e. The number of aromatic nitrogens is 3. The number of amides is 1. The predicted molar refractivity (Wildman–Crippen MR) is 87.6 cm³/mol. The summed E-state index contributed by atoms with van der Waals surface area (Å²) in [6, 6.07) is 7.47. The van der Waals surface area contributed by atoms with Gasteiger partial charge >= 0.3 is 0 Å². The maximum Gasteiger partial charge on any atom is 0.227 e. The minimum absolute atomic E-state index is 0.0148. The third-order valence-electron chi connectivity index (χ3n) is 4.45. The van der Waals surface area contributed by atoms with E-state index in [4.69, 9.17) is 9.47 Å². The topological polar surface area (TPSA) is 69.5 Å². The Bertz CT molecular complexity index is 715. The van der Waals surface area contributed by atoms with E-state index in [2.05, 4.69) is 10.2 Å². The van der Waals surface area contributed by atoms with Gasteiger partial charge in [-0.1, -0.05) is 12.1 Å². The van der Waals surface area contributed by atoms with Crippen LogP contribution in [-0.2, 0) is 23.0 Å². The van der Waals surface area contributed by atoms with Gasteiger partial charge in [-0.3, -0.25) is 4.79 Å². The van der Waals surface area contributed by atoms with E-state index in [-0.39, 0.29) is 18.1 Å². The zero-order valence-corrected chi connectivity index (χ0v) is 14.2. The Labute approximate surface area is 141 Å². The van der Waals surface area contributed by atoms with Crippen LogP contribution in [-0.4, -0.2) is 52.4 Å². The van der Waals surface area contributed by atoms with Crippen LogP contribution >= 0.6 is 0 Å². The fourth-order valence-electron chi connectivity index (χ4n) is 3.14. The summed E-state index contributed by atoms with van der Waals surface area (Å²) in [6.45, 7) is 0.566. The predicted octanol–water partition coefficient (Wildman–Crippen LogP) is 1.35. The molecule has 2 atom stereocenters. The molecule has 1 aromatic carbocycles. The van der Waals surface area contributed by atoms with E-state index >= 15 is 0 Å². The van der Waals surface area contributed by atoms with Crippen molar-refractivity contribution in [3.63, 3.8) is 0 Å². The summed E-state index contributed by atoms with van der Waals surface area (Å²) in [7, 11) is 5.18. The Hall–Kier alpha value is -2.41. The third kappa shape index (κ3) is 3.26. The molecule has 1 aliphatic rings. The van der Waals surface area contributed by atoms with Crippen LogP contribution in [0.25, 0.3) is 0 Å². The van der Waals surface area contributed by atoms with Crippen molar-refractivity contribution in [2.75, 3.05) is 20.8 Å². The first kappa shape index (κ1) is 16.4. The van der Waals surface area contributed by atoms with E-state index in [1.165, 1.54) is 0 Å². The molecule has 7 heteroatoms. The van der Waals surface area contributed by atoms with Crippen LogP contribution in [0.4, 0.5) is 0 Å². The Morgan fingerprint density at radius 3 is 2.88 bits per heavy atom. The van der Waals surface area contributed by atoms with E-state index < -0.39 is 0 Å². The average molecular weight is 330 g/mol. The standard InChI is InChI=1S/C17H22N4O3/c1-20-11-18-19-17(20)15-9-14(24-3)10-21(15)16(22)8-12-5-4-6-13(7-12)23-2/h4-7,11,14-15H,8-10H2,1-3H3/t14-,15+/m1/s1. The summed E-state index contributed by atoms with van der Waals surface area (Å²) in [4.78, 5) is 14.7. The van der Waals surface area contributed by atoms with Crippen molar-refractivity contribution in [3.05, 3.63) is 42.0 Å². The SMILES string of the molecule is COc1cccc(CC(=O)N2C[C@H](OC)C[C@H]2c2nncn2C)c1. The van der Waals surface area contributed by atoms with Gasteiger partial charge < -0.3 is 18.9 Å². The lowest BCUT2D eigenvalue weighted by atomic mass is 10.1. The molecule has 2 heterocycles. The molecule has 1 aromatic heterocycles. The number of hydrogen-bond acceptors (Lipinski definition) is 5. The van der Waals surface area contributed by atoms with Gasteiger partial charge in [0.15, 0.2) is 5.82 Å². The number of benzene rings is 1. The monoisotopic (exact) mass is 330 g/mol. The summed E-state index contributed by atoms with van der Waals surface area (Å²) < 4.78 is 12.6. The maximum absolute atomic E-state index is 12.9. The number of carbonyl (C=O) groups is 1. The second kappa shape index (κ2) is 7.00. The highest BCUT2D eigenvalue weighted by atomic mass is 16.5. The highest BCUT2D eigenvalue weighted by Gasteiger charge is 2.38. The lowest BCUT2D eigenvalue weighted by molar-refractivity contribution is -0.131. The Balaban J connectivity index is 1.79. The molecule has 7 nitrogen and oxygen atoms in total. The molecule has 2 aromatic rings. The largest absolute Gasteiger partial charge is 0.497 e. The van der Waals surface area contributed by atoms with Gasteiger partial charge in [0.25, 0.3) is 0 Å². The summed E-state index contributed by atoms with van der Waals surface area (Å²) in [5.41, 5.74) is 0.928. The Morgan fingerprint density at radius 1 is 1.38 bits per heavy atom. The van der Waals surface area contributed by atoms with Crippen molar-refractivity contribution in [1.82, 2.24) is 19.7 Å². The molecular weight excluding hydrogens is 308 g/mol. The fraction of sp³-hybridized carbons (Fsp3) is 0.471. The molecule has 0 aliphatic carbocycles. The van der Waals surface area contributed by atoms with Crippen LogP contribution < -0.4 is 4.74 Å². The van der Waals surface area contributed by atoms with Crippen LogP contribution in [0.1, 0.15) is 23.9 Å². The van der Waals surface area contributed by atoms with E-state index in [0.29, 0.717) is 13.0 Å². The fourth-order valence-corrected chi connectivity index (χ4v) is 3.14. The van der Waals surface area contributed by atoms with Gasteiger partial charge in [-0.05, 0) is 17.7 Å². The minimum atomic E-state index is -0.111. The van der Waals surface area contributed by atoms with E-state index in [1.807, 2.05) is 40.8 Å². The number of hydrogen-bond donors (Lipinski definition) is 0. The first-order valence-electron chi connectivity index (χ1n) is 7.91. The number of likely N-dealkylation sites (tertiary alicyclic amines) is 1. The summed E-state index contributed by atoms with van der Waals surface area (Å²) in [5, 5.41) is 8.11. The van der Waals surface area contributed by atoms with Crippen molar-refractivity contribution in [3.8, 4) is 5.75 Å².